The molecule has 0 amide bonds. The number of carboxylic acid groups (broad SMARTS) is 1. The molecule has 0 aromatic heterocycles. The number of rotatable bonds is 4. The van der Waals surface area contributed by atoms with Gasteiger partial charge in [-0.2, -0.15) is 0 Å². The molecule has 1 rings (SSSR count). The van der Waals surface area contributed by atoms with Crippen LogP contribution >= 0.6 is 0 Å². The molecule has 0 atom stereocenters. The van der Waals surface area contributed by atoms with E-state index >= 15 is 0 Å². The number of aliphatic carboxylic acids is 1. The molecule has 0 heterocycles. The molecule has 0 spiro atoms. The number of carboxylic acids is 1. The normalized spacial score (nSPS) is 11.9. The van der Waals surface area contributed by atoms with E-state index in [4.69, 9.17) is 5.11 Å². The van der Waals surface area contributed by atoms with Crippen molar-refractivity contribution < 1.29 is 9.90 Å². The highest BCUT2D eigenvalue weighted by Gasteiger charge is 2.24. The largest absolute Gasteiger partial charge is 0.480 e. The van der Waals surface area contributed by atoms with Gasteiger partial charge in [-0.1, -0.05) is 17.7 Å². The maximum atomic E-state index is 11.0. The van der Waals surface area contributed by atoms with Crippen molar-refractivity contribution in [1.82, 2.24) is 4.90 Å². The van der Waals surface area contributed by atoms with Gasteiger partial charge in [0.25, 0.3) is 0 Å². The van der Waals surface area contributed by atoms with Gasteiger partial charge in [-0.25, -0.2) is 0 Å². The predicted octanol–water partition coefficient (Wildman–Crippen LogP) is 3.30. The molecule has 0 saturated heterocycles. The lowest BCUT2D eigenvalue weighted by Crippen LogP contribution is -2.44. The van der Waals surface area contributed by atoms with Crippen LogP contribution in [0.5, 0.6) is 0 Å². The standard InChI is InChI=1S/C16H25NO2/c1-11-7-12(2)14(13(3)8-11)9-17(10-15(18)19)16(4,5)6/h7-8H,9-10H2,1-6H3,(H,18,19). The summed E-state index contributed by atoms with van der Waals surface area (Å²) in [7, 11) is 0. The average Bonchev–Trinajstić information content (AvgIpc) is 2.19. The Morgan fingerprint density at radius 3 is 2.00 bits per heavy atom. The van der Waals surface area contributed by atoms with Gasteiger partial charge in [-0.05, 0) is 58.2 Å². The highest BCUT2D eigenvalue weighted by Crippen LogP contribution is 2.22. The van der Waals surface area contributed by atoms with Gasteiger partial charge in [0.05, 0.1) is 6.54 Å². The fraction of sp³-hybridized carbons (Fsp3) is 0.562. The Morgan fingerprint density at radius 2 is 1.63 bits per heavy atom. The lowest BCUT2D eigenvalue weighted by Gasteiger charge is -2.35. The van der Waals surface area contributed by atoms with Crippen molar-refractivity contribution in [3.63, 3.8) is 0 Å². The summed E-state index contributed by atoms with van der Waals surface area (Å²) in [5, 5.41) is 9.07. The lowest BCUT2D eigenvalue weighted by atomic mass is 9.97. The zero-order chi connectivity index (χ0) is 14.8. The molecule has 0 saturated carbocycles. The maximum absolute atomic E-state index is 11.0. The van der Waals surface area contributed by atoms with E-state index in [1.54, 1.807) is 0 Å². The number of aryl methyl sites for hydroxylation is 3. The van der Waals surface area contributed by atoms with Crippen molar-refractivity contribution in [3.05, 3.63) is 34.4 Å². The fourth-order valence-corrected chi connectivity index (χ4v) is 2.34. The number of benzene rings is 1. The Labute approximate surface area is 116 Å². The summed E-state index contributed by atoms with van der Waals surface area (Å²) < 4.78 is 0. The summed E-state index contributed by atoms with van der Waals surface area (Å²) in [5.74, 6) is -0.780. The molecule has 0 bridgehead atoms. The molecule has 1 N–H and O–H groups in total. The summed E-state index contributed by atoms with van der Waals surface area (Å²) in [4.78, 5) is 13.0. The average molecular weight is 263 g/mol. The lowest BCUT2D eigenvalue weighted by molar-refractivity contribution is -0.139. The molecular formula is C16H25NO2. The molecule has 0 fully saturated rings. The number of nitrogens with zero attached hydrogens (tertiary/aromatic N) is 1. The SMILES string of the molecule is Cc1cc(C)c(CN(CC(=O)O)C(C)(C)C)c(C)c1. The summed E-state index contributed by atoms with van der Waals surface area (Å²) in [6.45, 7) is 13.2. The van der Waals surface area contributed by atoms with Crippen LogP contribution in [0, 0.1) is 20.8 Å². The Morgan fingerprint density at radius 1 is 1.16 bits per heavy atom. The second-order valence-corrected chi connectivity index (χ2v) is 6.30. The van der Waals surface area contributed by atoms with Gasteiger partial charge in [-0.15, -0.1) is 0 Å². The van der Waals surface area contributed by atoms with Crippen molar-refractivity contribution in [1.29, 1.82) is 0 Å². The van der Waals surface area contributed by atoms with Crippen molar-refractivity contribution in [2.75, 3.05) is 6.54 Å². The Kier molecular flexibility index (Phi) is 4.75. The van der Waals surface area contributed by atoms with Gasteiger partial charge in [0.2, 0.25) is 0 Å². The molecule has 1 aromatic rings. The third kappa shape index (κ3) is 4.35. The number of hydrogen-bond acceptors (Lipinski definition) is 2. The van der Waals surface area contributed by atoms with Crippen molar-refractivity contribution >= 4 is 5.97 Å². The maximum Gasteiger partial charge on any atom is 0.317 e. The first-order valence-electron chi connectivity index (χ1n) is 6.65. The van der Waals surface area contributed by atoms with Crippen LogP contribution in [0.2, 0.25) is 0 Å². The molecule has 3 nitrogen and oxygen atoms in total. The number of carbonyl (C=O) groups is 1. The minimum Gasteiger partial charge on any atom is -0.480 e. The Hall–Kier alpha value is -1.35. The molecule has 0 unspecified atom stereocenters. The molecule has 3 heteroatoms. The minimum atomic E-state index is -0.780. The second-order valence-electron chi connectivity index (χ2n) is 6.30. The fourth-order valence-electron chi connectivity index (χ4n) is 2.34. The first kappa shape index (κ1) is 15.7. The van der Waals surface area contributed by atoms with Gasteiger partial charge in [-0.3, -0.25) is 9.69 Å². The van der Waals surface area contributed by atoms with Gasteiger partial charge in [0.1, 0.15) is 0 Å². The highest BCUT2D eigenvalue weighted by molar-refractivity contribution is 5.69. The molecule has 19 heavy (non-hydrogen) atoms. The first-order chi connectivity index (χ1) is 8.61. The molecule has 0 aliphatic rings. The van der Waals surface area contributed by atoms with E-state index < -0.39 is 5.97 Å². The smallest absolute Gasteiger partial charge is 0.317 e. The van der Waals surface area contributed by atoms with Crippen LogP contribution in [0.3, 0.4) is 0 Å². The molecule has 1 aromatic carbocycles. The van der Waals surface area contributed by atoms with Crippen LogP contribution < -0.4 is 0 Å². The van der Waals surface area contributed by atoms with Crippen LogP contribution in [0.15, 0.2) is 12.1 Å². The second kappa shape index (κ2) is 5.74. The highest BCUT2D eigenvalue weighted by atomic mass is 16.4. The third-order valence-electron chi connectivity index (χ3n) is 3.46. The number of hydrogen-bond donors (Lipinski definition) is 1. The minimum absolute atomic E-state index is 0.0657. The van der Waals surface area contributed by atoms with Crippen LogP contribution in [0.1, 0.15) is 43.0 Å². The van der Waals surface area contributed by atoms with Crippen LogP contribution in [-0.4, -0.2) is 28.1 Å². The van der Waals surface area contributed by atoms with Crippen molar-refractivity contribution in [2.24, 2.45) is 0 Å². The van der Waals surface area contributed by atoms with Gasteiger partial charge >= 0.3 is 5.97 Å². The molecule has 106 valence electrons. The summed E-state index contributed by atoms with van der Waals surface area (Å²) in [5.41, 5.74) is 4.79. The van der Waals surface area contributed by atoms with E-state index in [-0.39, 0.29) is 12.1 Å². The van der Waals surface area contributed by atoms with E-state index in [2.05, 4.69) is 53.7 Å². The van der Waals surface area contributed by atoms with Gasteiger partial charge < -0.3 is 5.11 Å². The quantitative estimate of drug-likeness (QED) is 0.906. The van der Waals surface area contributed by atoms with E-state index in [1.807, 2.05) is 4.90 Å². The van der Waals surface area contributed by atoms with E-state index in [0.29, 0.717) is 6.54 Å². The first-order valence-corrected chi connectivity index (χ1v) is 6.65. The van der Waals surface area contributed by atoms with Crippen LogP contribution in [-0.2, 0) is 11.3 Å². The Bertz CT molecular complexity index is 449. The van der Waals surface area contributed by atoms with Gasteiger partial charge in [0, 0.05) is 12.1 Å². The summed E-state index contributed by atoms with van der Waals surface area (Å²) in [6, 6.07) is 4.31. The topological polar surface area (TPSA) is 40.5 Å². The zero-order valence-electron chi connectivity index (χ0n) is 12.9. The summed E-state index contributed by atoms with van der Waals surface area (Å²) in [6.07, 6.45) is 0. The monoisotopic (exact) mass is 263 g/mol. The van der Waals surface area contributed by atoms with Crippen molar-refractivity contribution in [3.8, 4) is 0 Å². The van der Waals surface area contributed by atoms with Gasteiger partial charge in [0.15, 0.2) is 0 Å². The third-order valence-corrected chi connectivity index (χ3v) is 3.46. The van der Waals surface area contributed by atoms with E-state index in [0.717, 1.165) is 0 Å². The molecule has 0 radical (unpaired) electrons. The molecule has 0 aliphatic heterocycles. The zero-order valence-corrected chi connectivity index (χ0v) is 12.9. The predicted molar refractivity (Wildman–Crippen MR) is 78.5 cm³/mol. The van der Waals surface area contributed by atoms with E-state index in [1.165, 1.54) is 22.3 Å². The molecular weight excluding hydrogens is 238 g/mol. The summed E-state index contributed by atoms with van der Waals surface area (Å²) >= 11 is 0. The van der Waals surface area contributed by atoms with Crippen LogP contribution in [0.4, 0.5) is 0 Å². The molecule has 0 aliphatic carbocycles. The van der Waals surface area contributed by atoms with E-state index in [9.17, 15) is 4.79 Å². The van der Waals surface area contributed by atoms with Crippen LogP contribution in [0.25, 0.3) is 0 Å². The van der Waals surface area contributed by atoms with Crippen molar-refractivity contribution in [2.45, 2.75) is 53.6 Å². The Balaban J connectivity index is 3.06.